The average molecular weight is 344 g/mol. The fourth-order valence-corrected chi connectivity index (χ4v) is 3.72. The van der Waals surface area contributed by atoms with E-state index in [1.54, 1.807) is 36.5 Å². The molecule has 0 N–H and O–H groups in total. The molecule has 1 aromatic carbocycles. The van der Waals surface area contributed by atoms with Crippen molar-refractivity contribution in [1.82, 2.24) is 19.5 Å². The third-order valence-electron chi connectivity index (χ3n) is 4.08. The second kappa shape index (κ2) is 6.86. The van der Waals surface area contributed by atoms with E-state index in [1.807, 2.05) is 4.57 Å². The topological polar surface area (TPSA) is 52.8 Å². The van der Waals surface area contributed by atoms with E-state index < -0.39 is 0 Å². The average Bonchev–Trinajstić information content (AvgIpc) is 3.07. The third kappa shape index (κ3) is 3.14. The number of rotatable bonds is 4. The van der Waals surface area contributed by atoms with Crippen molar-refractivity contribution in [1.29, 1.82) is 0 Å². The van der Waals surface area contributed by atoms with Crippen molar-refractivity contribution < 1.29 is 9.13 Å². The highest BCUT2D eigenvalue weighted by molar-refractivity contribution is 7.98. The molecule has 3 heterocycles. The Balaban J connectivity index is 1.57. The molecule has 5 nitrogen and oxygen atoms in total. The molecule has 0 bridgehead atoms. The van der Waals surface area contributed by atoms with Crippen LogP contribution in [0.3, 0.4) is 0 Å². The van der Waals surface area contributed by atoms with Crippen LogP contribution in [0, 0.1) is 5.82 Å². The van der Waals surface area contributed by atoms with Crippen LogP contribution in [0.1, 0.15) is 31.1 Å². The summed E-state index contributed by atoms with van der Waals surface area (Å²) in [5.41, 5.74) is 2.64. The van der Waals surface area contributed by atoms with Gasteiger partial charge in [0.1, 0.15) is 28.9 Å². The van der Waals surface area contributed by atoms with Crippen molar-refractivity contribution in [2.45, 2.75) is 36.3 Å². The van der Waals surface area contributed by atoms with Crippen LogP contribution in [-0.4, -0.2) is 26.1 Å². The van der Waals surface area contributed by atoms with Crippen LogP contribution >= 0.6 is 11.8 Å². The molecule has 3 aromatic rings. The van der Waals surface area contributed by atoms with Gasteiger partial charge in [0, 0.05) is 12.4 Å². The quantitative estimate of drug-likeness (QED) is 0.530. The molecule has 1 aliphatic heterocycles. The minimum absolute atomic E-state index is 0.00796. The Hall–Kier alpha value is -1.99. The largest absolute Gasteiger partial charge is 0.358 e. The van der Waals surface area contributed by atoms with Gasteiger partial charge in [-0.3, -0.25) is 4.57 Å². The lowest BCUT2D eigenvalue weighted by Crippen LogP contribution is -2.17. The predicted molar refractivity (Wildman–Crippen MR) is 90.1 cm³/mol. The number of benzene rings is 1. The molecular weight excluding hydrogens is 327 g/mol. The van der Waals surface area contributed by atoms with Gasteiger partial charge in [-0.1, -0.05) is 23.9 Å². The Morgan fingerprint density at radius 3 is 2.83 bits per heavy atom. The molecule has 1 fully saturated rings. The minimum atomic E-state index is -0.223. The number of imidazole rings is 1. The molecule has 1 aliphatic rings. The zero-order valence-electron chi connectivity index (χ0n) is 13.1. The van der Waals surface area contributed by atoms with Crippen LogP contribution in [0.25, 0.3) is 11.2 Å². The summed E-state index contributed by atoms with van der Waals surface area (Å²) in [4.78, 5) is 13.2. The van der Waals surface area contributed by atoms with Gasteiger partial charge in [0.15, 0.2) is 5.65 Å². The van der Waals surface area contributed by atoms with E-state index in [2.05, 4.69) is 15.0 Å². The van der Waals surface area contributed by atoms with E-state index in [4.69, 9.17) is 4.74 Å². The standard InChI is InChI=1S/C17H17FN4OS/c18-13-6-4-12(5-7-13)9-24-17-15-16(19-10-20-17)22(11-21-15)14-3-1-2-8-23-14/h4-7,10-11,14H,1-3,8-9H2/t14-/m0/s1. The summed E-state index contributed by atoms with van der Waals surface area (Å²) in [6.45, 7) is 0.779. The van der Waals surface area contributed by atoms with Crippen LogP contribution in [-0.2, 0) is 10.5 Å². The van der Waals surface area contributed by atoms with E-state index in [0.29, 0.717) is 5.75 Å². The fourth-order valence-electron chi connectivity index (χ4n) is 2.82. The molecule has 1 saturated heterocycles. The second-order valence-corrected chi connectivity index (χ2v) is 6.70. The zero-order chi connectivity index (χ0) is 16.4. The summed E-state index contributed by atoms with van der Waals surface area (Å²) in [6, 6.07) is 6.52. The summed E-state index contributed by atoms with van der Waals surface area (Å²) >= 11 is 1.58. The molecule has 0 saturated carbocycles. The molecule has 0 aliphatic carbocycles. The van der Waals surface area contributed by atoms with Crippen molar-refractivity contribution in [2.75, 3.05) is 6.61 Å². The van der Waals surface area contributed by atoms with Gasteiger partial charge in [0.25, 0.3) is 0 Å². The van der Waals surface area contributed by atoms with Gasteiger partial charge in [-0.25, -0.2) is 19.3 Å². The Labute approximate surface area is 143 Å². The van der Waals surface area contributed by atoms with Gasteiger partial charge in [-0.05, 0) is 37.0 Å². The normalized spacial score (nSPS) is 18.1. The van der Waals surface area contributed by atoms with E-state index in [9.17, 15) is 4.39 Å². The lowest BCUT2D eigenvalue weighted by Gasteiger charge is -2.23. The van der Waals surface area contributed by atoms with Crippen LogP contribution in [0.2, 0.25) is 0 Å². The number of fused-ring (bicyclic) bond motifs is 1. The Kier molecular flexibility index (Phi) is 4.44. The first-order chi connectivity index (χ1) is 11.8. The molecule has 24 heavy (non-hydrogen) atoms. The number of hydrogen-bond donors (Lipinski definition) is 0. The highest BCUT2D eigenvalue weighted by atomic mass is 32.2. The Bertz CT molecular complexity index is 830. The van der Waals surface area contributed by atoms with E-state index >= 15 is 0 Å². The van der Waals surface area contributed by atoms with Gasteiger partial charge >= 0.3 is 0 Å². The van der Waals surface area contributed by atoms with Crippen molar-refractivity contribution in [2.24, 2.45) is 0 Å². The number of ether oxygens (including phenoxy) is 1. The van der Waals surface area contributed by atoms with Gasteiger partial charge in [0.05, 0.1) is 6.33 Å². The van der Waals surface area contributed by atoms with Crippen molar-refractivity contribution in [3.8, 4) is 0 Å². The smallest absolute Gasteiger partial charge is 0.166 e. The maximum atomic E-state index is 13.0. The van der Waals surface area contributed by atoms with Crippen molar-refractivity contribution >= 4 is 22.9 Å². The molecule has 0 radical (unpaired) electrons. The number of aromatic nitrogens is 4. The summed E-state index contributed by atoms with van der Waals surface area (Å²) in [5.74, 6) is 0.485. The summed E-state index contributed by atoms with van der Waals surface area (Å²) in [7, 11) is 0. The predicted octanol–water partition coefficient (Wildman–Crippen LogP) is 3.96. The molecule has 4 rings (SSSR count). The number of halogens is 1. The fraction of sp³-hybridized carbons (Fsp3) is 0.353. The third-order valence-corrected chi connectivity index (χ3v) is 5.13. The lowest BCUT2D eigenvalue weighted by molar-refractivity contribution is -0.0298. The maximum Gasteiger partial charge on any atom is 0.166 e. The summed E-state index contributed by atoms with van der Waals surface area (Å²) in [5, 5.41) is 0.832. The first-order valence-electron chi connectivity index (χ1n) is 7.97. The highest BCUT2D eigenvalue weighted by Gasteiger charge is 2.20. The Morgan fingerprint density at radius 2 is 2.04 bits per heavy atom. The SMILES string of the molecule is Fc1ccc(CSc2ncnc3c2ncn3[C@@H]2CCCCO2)cc1. The molecule has 0 unspecified atom stereocenters. The molecule has 1 atom stereocenters. The number of thioether (sulfide) groups is 1. The zero-order valence-corrected chi connectivity index (χ0v) is 13.9. The van der Waals surface area contributed by atoms with Gasteiger partial charge in [-0.2, -0.15) is 0 Å². The van der Waals surface area contributed by atoms with E-state index in [-0.39, 0.29) is 12.0 Å². The molecule has 0 spiro atoms. The van der Waals surface area contributed by atoms with Crippen LogP contribution in [0.4, 0.5) is 4.39 Å². The molecule has 124 valence electrons. The first-order valence-corrected chi connectivity index (χ1v) is 8.96. The van der Waals surface area contributed by atoms with Crippen LogP contribution < -0.4 is 0 Å². The van der Waals surface area contributed by atoms with Crippen LogP contribution in [0.15, 0.2) is 41.9 Å². The lowest BCUT2D eigenvalue weighted by atomic mass is 10.2. The van der Waals surface area contributed by atoms with Crippen molar-refractivity contribution in [3.63, 3.8) is 0 Å². The van der Waals surface area contributed by atoms with Gasteiger partial charge in [0.2, 0.25) is 0 Å². The summed E-state index contributed by atoms with van der Waals surface area (Å²) < 4.78 is 20.8. The molecular formula is C17H17FN4OS. The number of hydrogen-bond acceptors (Lipinski definition) is 5. The van der Waals surface area contributed by atoms with Crippen molar-refractivity contribution in [3.05, 3.63) is 48.3 Å². The molecule has 7 heteroatoms. The maximum absolute atomic E-state index is 13.0. The number of nitrogens with zero attached hydrogens (tertiary/aromatic N) is 4. The van der Waals surface area contributed by atoms with Crippen LogP contribution in [0.5, 0.6) is 0 Å². The minimum Gasteiger partial charge on any atom is -0.358 e. The van der Waals surface area contributed by atoms with Gasteiger partial charge < -0.3 is 4.74 Å². The summed E-state index contributed by atoms with van der Waals surface area (Å²) in [6.07, 6.45) is 6.60. The first kappa shape index (κ1) is 15.5. The monoisotopic (exact) mass is 344 g/mol. The second-order valence-electron chi connectivity index (χ2n) is 5.74. The van der Waals surface area contributed by atoms with Gasteiger partial charge in [-0.15, -0.1) is 0 Å². The Morgan fingerprint density at radius 1 is 1.17 bits per heavy atom. The molecule has 0 amide bonds. The molecule has 2 aromatic heterocycles. The van der Waals surface area contributed by atoms with E-state index in [1.165, 1.54) is 12.1 Å². The highest BCUT2D eigenvalue weighted by Crippen LogP contribution is 2.30. The van der Waals surface area contributed by atoms with E-state index in [0.717, 1.165) is 47.6 Å².